The van der Waals surface area contributed by atoms with Crippen molar-refractivity contribution in [1.82, 2.24) is 0 Å². The quantitative estimate of drug-likeness (QED) is 0.861. The van der Waals surface area contributed by atoms with Crippen LogP contribution in [0.15, 0.2) is 42.5 Å². The molecule has 0 aromatic heterocycles. The van der Waals surface area contributed by atoms with Gasteiger partial charge in [-0.05, 0) is 30.7 Å². The van der Waals surface area contributed by atoms with Crippen molar-refractivity contribution in [2.75, 3.05) is 19.1 Å². The van der Waals surface area contributed by atoms with Crippen LogP contribution in [0.5, 0.6) is 11.5 Å². The summed E-state index contributed by atoms with van der Waals surface area (Å²) in [6.45, 7) is 1.61. The molecule has 1 amide bonds. The van der Waals surface area contributed by atoms with Crippen LogP contribution < -0.4 is 14.4 Å². The molecule has 0 bridgehead atoms. The summed E-state index contributed by atoms with van der Waals surface area (Å²) in [5.74, 6) is 0.411. The second kappa shape index (κ2) is 6.80. The summed E-state index contributed by atoms with van der Waals surface area (Å²) in [4.78, 5) is 26.1. The number of para-hydroxylation sites is 1. The minimum Gasteiger partial charge on any atom is -0.493 e. The number of Topliss-reactive ketones (excluding diaryl/α,β-unsaturated/α-hetero) is 1. The number of hydrogen-bond donors (Lipinski definition) is 1. The number of ketones is 1. The number of anilines is 1. The van der Waals surface area contributed by atoms with Crippen LogP contribution in [0.1, 0.15) is 24.5 Å². The first kappa shape index (κ1) is 17.9. The van der Waals surface area contributed by atoms with E-state index >= 15 is 0 Å². The van der Waals surface area contributed by atoms with Gasteiger partial charge in [-0.15, -0.1) is 0 Å². The van der Waals surface area contributed by atoms with E-state index in [1.165, 1.54) is 11.8 Å². The molecule has 2 aromatic rings. The molecule has 0 saturated heterocycles. The summed E-state index contributed by atoms with van der Waals surface area (Å²) in [6, 6.07) is 12.4. The molecule has 0 spiro atoms. The molecule has 2 aromatic carbocycles. The van der Waals surface area contributed by atoms with E-state index in [0.717, 1.165) is 5.56 Å². The molecule has 0 saturated carbocycles. The Morgan fingerprint density at radius 2 is 1.81 bits per heavy atom. The third kappa shape index (κ3) is 2.93. The fraction of sp³-hybridized carbons (Fsp3) is 0.300. The second-order valence-corrected chi connectivity index (χ2v) is 6.34. The van der Waals surface area contributed by atoms with Crippen molar-refractivity contribution < 1.29 is 24.2 Å². The lowest BCUT2D eigenvalue weighted by Crippen LogP contribution is -2.41. The van der Waals surface area contributed by atoms with Crippen LogP contribution >= 0.6 is 0 Å². The standard InChI is InChI=1S/C20H21NO5/c1-13(22)11-20(24)15-6-4-5-7-16(15)21(19(20)23)12-14-8-9-17(25-2)18(10-14)26-3/h4-10,24H,11-12H2,1-3H3. The van der Waals surface area contributed by atoms with E-state index < -0.39 is 11.5 Å². The molecule has 6 nitrogen and oxygen atoms in total. The van der Waals surface area contributed by atoms with E-state index in [1.807, 2.05) is 6.07 Å². The Kier molecular flexibility index (Phi) is 4.70. The van der Waals surface area contributed by atoms with E-state index in [1.54, 1.807) is 50.6 Å². The number of benzene rings is 2. The topological polar surface area (TPSA) is 76.1 Å². The van der Waals surface area contributed by atoms with E-state index in [9.17, 15) is 14.7 Å². The molecule has 26 heavy (non-hydrogen) atoms. The summed E-state index contributed by atoms with van der Waals surface area (Å²) in [5, 5.41) is 11.0. The fourth-order valence-electron chi connectivity index (χ4n) is 3.36. The van der Waals surface area contributed by atoms with Gasteiger partial charge in [-0.2, -0.15) is 0 Å². The monoisotopic (exact) mass is 355 g/mol. The van der Waals surface area contributed by atoms with E-state index in [2.05, 4.69) is 0 Å². The summed E-state index contributed by atoms with van der Waals surface area (Å²) in [7, 11) is 3.10. The Hall–Kier alpha value is -2.86. The molecule has 0 aliphatic carbocycles. The molecule has 136 valence electrons. The van der Waals surface area contributed by atoms with Gasteiger partial charge >= 0.3 is 0 Å². The average Bonchev–Trinajstić information content (AvgIpc) is 2.83. The number of fused-ring (bicyclic) bond motifs is 1. The molecule has 1 heterocycles. The van der Waals surface area contributed by atoms with E-state index in [-0.39, 0.29) is 18.7 Å². The minimum atomic E-state index is -1.82. The number of nitrogens with zero attached hydrogens (tertiary/aromatic N) is 1. The highest BCUT2D eigenvalue weighted by molar-refractivity contribution is 6.08. The maximum Gasteiger partial charge on any atom is 0.264 e. The van der Waals surface area contributed by atoms with Gasteiger partial charge in [0, 0.05) is 12.0 Å². The number of rotatable bonds is 6. The summed E-state index contributed by atoms with van der Waals surface area (Å²) < 4.78 is 10.5. The van der Waals surface area contributed by atoms with Crippen molar-refractivity contribution in [3.8, 4) is 11.5 Å². The Morgan fingerprint density at radius 1 is 1.12 bits per heavy atom. The zero-order chi connectivity index (χ0) is 18.9. The first-order chi connectivity index (χ1) is 12.4. The number of hydrogen-bond acceptors (Lipinski definition) is 5. The maximum atomic E-state index is 13.0. The van der Waals surface area contributed by atoms with E-state index in [0.29, 0.717) is 22.7 Å². The first-order valence-corrected chi connectivity index (χ1v) is 8.25. The van der Waals surface area contributed by atoms with Crippen molar-refractivity contribution in [3.63, 3.8) is 0 Å². The van der Waals surface area contributed by atoms with Gasteiger partial charge in [-0.1, -0.05) is 24.3 Å². The van der Waals surface area contributed by atoms with Crippen LogP contribution in [0.2, 0.25) is 0 Å². The summed E-state index contributed by atoms with van der Waals surface area (Å²) >= 11 is 0. The van der Waals surface area contributed by atoms with Gasteiger partial charge in [0.2, 0.25) is 0 Å². The molecule has 1 unspecified atom stereocenters. The van der Waals surface area contributed by atoms with Crippen LogP contribution in [-0.2, 0) is 21.7 Å². The lowest BCUT2D eigenvalue weighted by molar-refractivity contribution is -0.141. The lowest BCUT2D eigenvalue weighted by Gasteiger charge is -2.22. The molecular formula is C20H21NO5. The predicted octanol–water partition coefficient (Wildman–Crippen LogP) is 2.42. The van der Waals surface area contributed by atoms with Crippen molar-refractivity contribution in [2.45, 2.75) is 25.5 Å². The molecule has 6 heteroatoms. The Bertz CT molecular complexity index is 863. The SMILES string of the molecule is COc1ccc(CN2C(=O)C(O)(CC(C)=O)c3ccccc32)cc1OC. The Morgan fingerprint density at radius 3 is 2.46 bits per heavy atom. The normalized spacial score (nSPS) is 18.6. The van der Waals surface area contributed by atoms with Crippen LogP contribution in [0.4, 0.5) is 5.69 Å². The highest BCUT2D eigenvalue weighted by atomic mass is 16.5. The number of ether oxygens (including phenoxy) is 2. The number of carbonyl (C=O) groups excluding carboxylic acids is 2. The van der Waals surface area contributed by atoms with Crippen LogP contribution in [-0.4, -0.2) is 31.0 Å². The van der Waals surface area contributed by atoms with Crippen LogP contribution in [0, 0.1) is 0 Å². The molecule has 0 fully saturated rings. The number of aliphatic hydroxyl groups is 1. The van der Waals surface area contributed by atoms with Gasteiger partial charge < -0.3 is 19.5 Å². The summed E-state index contributed by atoms with van der Waals surface area (Å²) in [5.41, 5.74) is 0.0634. The first-order valence-electron chi connectivity index (χ1n) is 8.25. The smallest absolute Gasteiger partial charge is 0.264 e. The van der Waals surface area contributed by atoms with Crippen LogP contribution in [0.25, 0.3) is 0 Å². The zero-order valence-corrected chi connectivity index (χ0v) is 15.0. The van der Waals surface area contributed by atoms with Gasteiger partial charge in [0.1, 0.15) is 5.78 Å². The number of amides is 1. The van der Waals surface area contributed by atoms with Crippen molar-refractivity contribution >= 4 is 17.4 Å². The van der Waals surface area contributed by atoms with Gasteiger partial charge in [-0.25, -0.2) is 0 Å². The number of carbonyl (C=O) groups is 2. The highest BCUT2D eigenvalue weighted by Gasteiger charge is 2.50. The molecule has 1 N–H and O–H groups in total. The summed E-state index contributed by atoms with van der Waals surface area (Å²) in [6.07, 6.45) is -0.245. The maximum absolute atomic E-state index is 13.0. The largest absolute Gasteiger partial charge is 0.493 e. The van der Waals surface area contributed by atoms with Crippen molar-refractivity contribution in [2.24, 2.45) is 0 Å². The van der Waals surface area contributed by atoms with Gasteiger partial charge in [0.25, 0.3) is 5.91 Å². The zero-order valence-electron chi connectivity index (χ0n) is 15.0. The predicted molar refractivity (Wildman–Crippen MR) is 96.4 cm³/mol. The Labute approximate surface area is 152 Å². The fourth-order valence-corrected chi connectivity index (χ4v) is 3.36. The minimum absolute atomic E-state index is 0.245. The Balaban J connectivity index is 1.99. The third-order valence-corrected chi connectivity index (χ3v) is 4.53. The van der Waals surface area contributed by atoms with E-state index in [4.69, 9.17) is 9.47 Å². The van der Waals surface area contributed by atoms with Gasteiger partial charge in [-0.3, -0.25) is 9.59 Å². The van der Waals surface area contributed by atoms with Gasteiger partial charge in [0.05, 0.1) is 26.5 Å². The molecule has 1 atom stereocenters. The van der Waals surface area contributed by atoms with Crippen LogP contribution in [0.3, 0.4) is 0 Å². The molecule has 3 rings (SSSR count). The highest BCUT2D eigenvalue weighted by Crippen LogP contribution is 2.43. The average molecular weight is 355 g/mol. The molecule has 1 aliphatic rings. The van der Waals surface area contributed by atoms with Gasteiger partial charge in [0.15, 0.2) is 17.1 Å². The third-order valence-electron chi connectivity index (χ3n) is 4.53. The second-order valence-electron chi connectivity index (χ2n) is 6.34. The van der Waals surface area contributed by atoms with Crippen molar-refractivity contribution in [1.29, 1.82) is 0 Å². The lowest BCUT2D eigenvalue weighted by atomic mass is 9.90. The molecule has 1 aliphatic heterocycles. The molecular weight excluding hydrogens is 334 g/mol. The number of methoxy groups -OCH3 is 2. The molecule has 0 radical (unpaired) electrons. The van der Waals surface area contributed by atoms with Crippen molar-refractivity contribution in [3.05, 3.63) is 53.6 Å².